The minimum Gasteiger partial charge on any atom is -0.481 e. The largest absolute Gasteiger partial charge is 0.481 e. The number of rotatable bonds is 10. The Morgan fingerprint density at radius 2 is 1.15 bits per heavy atom. The van der Waals surface area contributed by atoms with Crippen molar-refractivity contribution in [3.05, 3.63) is 0 Å². The first-order valence-electron chi connectivity index (χ1n) is 12.5. The van der Waals surface area contributed by atoms with Crippen LogP contribution in [0.3, 0.4) is 0 Å². The summed E-state index contributed by atoms with van der Waals surface area (Å²) >= 11 is 0. The van der Waals surface area contributed by atoms with Gasteiger partial charge in [-0.1, -0.05) is 0 Å². The van der Waals surface area contributed by atoms with E-state index in [-0.39, 0.29) is 37.9 Å². The van der Waals surface area contributed by atoms with Gasteiger partial charge in [-0.05, 0) is 82.0 Å². The molecule has 0 radical (unpaired) electrons. The number of carboxylic acid groups (broad SMARTS) is 2. The molecule has 0 spiro atoms. The number of aliphatic carboxylic acids is 2. The summed E-state index contributed by atoms with van der Waals surface area (Å²) < 4.78 is 5.47. The maximum absolute atomic E-state index is 12.5. The number of carbonyl (C=O) groups is 3. The lowest BCUT2D eigenvalue weighted by molar-refractivity contribution is -0.312. The van der Waals surface area contributed by atoms with E-state index in [0.717, 1.165) is 25.7 Å². The Kier molecular flexibility index (Phi) is 10.1. The molecule has 3 saturated carbocycles. The molecule has 6 atom stereocenters. The standard InChI is InChI=1S/C24H38O10/c25-17-6-5-16(20(9-17)22(27)28)13-34-33-12-15-3-1-14(2-4-15)11-32-24(31)19-8-7-18(26)10-21(19)23(29)30/h14-21,25-26H,1-13H2,(H,27,28)(H,29,30). The number of hydrogen-bond acceptors (Lipinski definition) is 8. The molecule has 0 saturated heterocycles. The molecule has 0 aromatic heterocycles. The summed E-state index contributed by atoms with van der Waals surface area (Å²) in [5.41, 5.74) is 0. The normalized spacial score (nSPS) is 36.5. The molecule has 4 N–H and O–H groups in total. The van der Waals surface area contributed by atoms with E-state index < -0.39 is 47.9 Å². The van der Waals surface area contributed by atoms with Crippen molar-refractivity contribution < 1.29 is 49.3 Å². The van der Waals surface area contributed by atoms with Crippen LogP contribution >= 0.6 is 0 Å². The zero-order valence-electron chi connectivity index (χ0n) is 19.5. The van der Waals surface area contributed by atoms with Gasteiger partial charge < -0.3 is 25.2 Å². The van der Waals surface area contributed by atoms with Gasteiger partial charge in [-0.2, -0.15) is 0 Å². The number of carbonyl (C=O) groups excluding carboxylic acids is 1. The molecule has 10 heteroatoms. The van der Waals surface area contributed by atoms with Crippen molar-refractivity contribution in [3.63, 3.8) is 0 Å². The molecule has 3 fully saturated rings. The lowest BCUT2D eigenvalue weighted by atomic mass is 9.78. The third kappa shape index (κ3) is 7.63. The van der Waals surface area contributed by atoms with Crippen LogP contribution < -0.4 is 0 Å². The van der Waals surface area contributed by atoms with E-state index in [1.54, 1.807) is 0 Å². The number of esters is 1. The Morgan fingerprint density at radius 3 is 1.76 bits per heavy atom. The fourth-order valence-corrected chi connectivity index (χ4v) is 5.57. The zero-order chi connectivity index (χ0) is 24.7. The monoisotopic (exact) mass is 486 g/mol. The predicted molar refractivity (Wildman–Crippen MR) is 117 cm³/mol. The summed E-state index contributed by atoms with van der Waals surface area (Å²) in [5.74, 6) is -4.30. The van der Waals surface area contributed by atoms with E-state index in [2.05, 4.69) is 0 Å². The molecule has 6 unspecified atom stereocenters. The fraction of sp³-hybridized carbons (Fsp3) is 0.875. The number of carboxylic acids is 2. The smallest absolute Gasteiger partial charge is 0.309 e. The van der Waals surface area contributed by atoms with Crippen LogP contribution in [0.15, 0.2) is 0 Å². The van der Waals surface area contributed by atoms with Gasteiger partial charge in [0.05, 0.1) is 49.8 Å². The second-order valence-electron chi connectivity index (χ2n) is 10.3. The summed E-state index contributed by atoms with van der Waals surface area (Å²) in [5, 5.41) is 38.1. The van der Waals surface area contributed by atoms with E-state index in [1.807, 2.05) is 0 Å². The van der Waals surface area contributed by atoms with E-state index in [1.165, 1.54) is 0 Å². The van der Waals surface area contributed by atoms with Crippen LogP contribution in [0.25, 0.3) is 0 Å². The number of hydrogen-bond donors (Lipinski definition) is 4. The topological polar surface area (TPSA) is 160 Å². The predicted octanol–water partition coefficient (Wildman–Crippen LogP) is 2.01. The van der Waals surface area contributed by atoms with Crippen LogP contribution in [0.2, 0.25) is 0 Å². The first kappa shape index (κ1) is 26.8. The van der Waals surface area contributed by atoms with Crippen molar-refractivity contribution in [3.8, 4) is 0 Å². The van der Waals surface area contributed by atoms with Crippen LogP contribution in [0, 0.1) is 35.5 Å². The zero-order valence-corrected chi connectivity index (χ0v) is 19.5. The lowest BCUT2D eigenvalue weighted by Gasteiger charge is -2.32. The highest BCUT2D eigenvalue weighted by molar-refractivity contribution is 5.81. The van der Waals surface area contributed by atoms with Crippen molar-refractivity contribution in [1.29, 1.82) is 0 Å². The van der Waals surface area contributed by atoms with Gasteiger partial charge in [-0.3, -0.25) is 14.4 Å². The van der Waals surface area contributed by atoms with Crippen molar-refractivity contribution in [2.75, 3.05) is 19.8 Å². The average molecular weight is 487 g/mol. The second-order valence-corrected chi connectivity index (χ2v) is 10.3. The molecule has 0 amide bonds. The Labute approximate surface area is 199 Å². The summed E-state index contributed by atoms with van der Waals surface area (Å²) in [6.45, 7) is 0.896. The van der Waals surface area contributed by atoms with Crippen molar-refractivity contribution in [2.45, 2.75) is 76.4 Å². The number of aliphatic hydroxyl groups is 2. The van der Waals surface area contributed by atoms with Gasteiger partial charge >= 0.3 is 17.9 Å². The minimum atomic E-state index is -1.07. The molecule has 3 rings (SSSR count). The van der Waals surface area contributed by atoms with Crippen molar-refractivity contribution >= 4 is 17.9 Å². The van der Waals surface area contributed by atoms with Gasteiger partial charge in [-0.25, -0.2) is 9.78 Å². The average Bonchev–Trinajstić information content (AvgIpc) is 2.81. The van der Waals surface area contributed by atoms with E-state index in [9.17, 15) is 34.8 Å². The Morgan fingerprint density at radius 1 is 0.618 bits per heavy atom. The molecule has 0 bridgehead atoms. The Balaban J connectivity index is 1.30. The molecular formula is C24H38O10. The first-order valence-corrected chi connectivity index (χ1v) is 12.5. The molecule has 3 aliphatic carbocycles. The maximum atomic E-state index is 12.5. The SMILES string of the molecule is O=C(O)C1CC(O)CCC1COOCC1CCC(COC(=O)C2CCC(O)CC2C(=O)O)CC1. The summed E-state index contributed by atoms with van der Waals surface area (Å²) in [6, 6.07) is 0. The van der Waals surface area contributed by atoms with Gasteiger partial charge in [0.15, 0.2) is 0 Å². The van der Waals surface area contributed by atoms with Gasteiger partial charge in [0.2, 0.25) is 0 Å². The maximum Gasteiger partial charge on any atom is 0.309 e. The van der Waals surface area contributed by atoms with E-state index in [4.69, 9.17) is 14.5 Å². The van der Waals surface area contributed by atoms with Crippen molar-refractivity contribution in [2.24, 2.45) is 35.5 Å². The Hall–Kier alpha value is -1.75. The first-order chi connectivity index (χ1) is 16.2. The molecule has 0 aliphatic heterocycles. The quantitative estimate of drug-likeness (QED) is 0.156. The fourth-order valence-electron chi connectivity index (χ4n) is 5.57. The summed E-state index contributed by atoms with van der Waals surface area (Å²) in [4.78, 5) is 46.0. The van der Waals surface area contributed by atoms with Gasteiger partial charge in [0.25, 0.3) is 0 Å². The molecule has 0 heterocycles. The van der Waals surface area contributed by atoms with Crippen LogP contribution in [-0.4, -0.2) is 70.4 Å². The highest BCUT2D eigenvalue weighted by Crippen LogP contribution is 2.34. The highest BCUT2D eigenvalue weighted by Gasteiger charge is 2.40. The lowest BCUT2D eigenvalue weighted by Crippen LogP contribution is -2.38. The van der Waals surface area contributed by atoms with Gasteiger partial charge in [0.1, 0.15) is 0 Å². The van der Waals surface area contributed by atoms with Gasteiger partial charge in [-0.15, -0.1) is 0 Å². The Bertz CT molecular complexity index is 689. The van der Waals surface area contributed by atoms with Gasteiger partial charge in [0, 0.05) is 0 Å². The molecule has 3 aliphatic rings. The molecule has 34 heavy (non-hydrogen) atoms. The van der Waals surface area contributed by atoms with E-state index in [0.29, 0.717) is 38.2 Å². The second kappa shape index (κ2) is 12.8. The number of ether oxygens (including phenoxy) is 1. The van der Waals surface area contributed by atoms with E-state index >= 15 is 0 Å². The molecule has 0 aromatic carbocycles. The van der Waals surface area contributed by atoms with Crippen LogP contribution in [0.5, 0.6) is 0 Å². The van der Waals surface area contributed by atoms with Crippen LogP contribution in [-0.2, 0) is 28.9 Å². The molecule has 10 nitrogen and oxygen atoms in total. The van der Waals surface area contributed by atoms with Crippen molar-refractivity contribution in [1.82, 2.24) is 0 Å². The minimum absolute atomic E-state index is 0.0853. The summed E-state index contributed by atoms with van der Waals surface area (Å²) in [6.07, 6.45) is 4.53. The van der Waals surface area contributed by atoms with Crippen LogP contribution in [0.4, 0.5) is 0 Å². The van der Waals surface area contributed by atoms with Crippen LogP contribution in [0.1, 0.15) is 64.2 Å². The third-order valence-corrected chi connectivity index (χ3v) is 7.82. The third-order valence-electron chi connectivity index (χ3n) is 7.82. The molecule has 0 aromatic rings. The molecule has 194 valence electrons. The number of aliphatic hydroxyl groups excluding tert-OH is 2. The highest BCUT2D eigenvalue weighted by atomic mass is 17.2. The molecular weight excluding hydrogens is 448 g/mol. The summed E-state index contributed by atoms with van der Waals surface area (Å²) in [7, 11) is 0.